The molecule has 0 aliphatic heterocycles. The molecule has 0 aromatic heterocycles. The van der Waals surface area contributed by atoms with Gasteiger partial charge in [0.2, 0.25) is 5.91 Å². The molecule has 3 nitrogen and oxygen atoms in total. The second-order valence-corrected chi connectivity index (χ2v) is 7.12. The van der Waals surface area contributed by atoms with E-state index in [2.05, 4.69) is 43.3 Å². The first-order chi connectivity index (χ1) is 13.0. The van der Waals surface area contributed by atoms with Gasteiger partial charge in [-0.25, -0.2) is 0 Å². The van der Waals surface area contributed by atoms with E-state index in [4.69, 9.17) is 4.74 Å². The summed E-state index contributed by atoms with van der Waals surface area (Å²) in [6.07, 6.45) is 6.18. The van der Waals surface area contributed by atoms with Gasteiger partial charge >= 0.3 is 0 Å². The highest BCUT2D eigenvalue weighted by Gasteiger charge is 2.13. The van der Waals surface area contributed by atoms with Gasteiger partial charge < -0.3 is 9.64 Å². The highest BCUT2D eigenvalue weighted by molar-refractivity contribution is 5.91. The summed E-state index contributed by atoms with van der Waals surface area (Å²) >= 11 is 0. The van der Waals surface area contributed by atoms with Crippen molar-refractivity contribution in [3.63, 3.8) is 0 Å². The first kappa shape index (κ1) is 21.0. The molecule has 2 aromatic carbocycles. The number of hydrogen-bond acceptors (Lipinski definition) is 2. The van der Waals surface area contributed by atoms with E-state index in [0.29, 0.717) is 13.2 Å². The van der Waals surface area contributed by atoms with Gasteiger partial charge in [-0.05, 0) is 61.6 Å². The summed E-state index contributed by atoms with van der Waals surface area (Å²) in [7, 11) is 0. The second kappa shape index (κ2) is 10.8. The average Bonchev–Trinajstić information content (AvgIpc) is 2.66. The number of carbonyl (C=O) groups excluding carboxylic acids is 1. The number of aryl methyl sites for hydroxylation is 2. The van der Waals surface area contributed by atoms with Crippen molar-refractivity contribution in [2.45, 2.75) is 66.3 Å². The first-order valence-electron chi connectivity index (χ1n) is 10.1. The van der Waals surface area contributed by atoms with Crippen LogP contribution >= 0.6 is 0 Å². The standard InChI is InChI=1S/C24H33NO2/c1-5-7-8-9-10-21-13-15-23(16-14-21)25(20(4)26)18-22-12-11-19(3)24(17-22)27-6-2/h11-17H,5-10,18H2,1-4H3. The van der Waals surface area contributed by atoms with Gasteiger partial charge in [-0.1, -0.05) is 50.5 Å². The Hall–Kier alpha value is -2.29. The molecule has 146 valence electrons. The zero-order valence-corrected chi connectivity index (χ0v) is 17.3. The van der Waals surface area contributed by atoms with Crippen LogP contribution in [-0.4, -0.2) is 12.5 Å². The first-order valence-corrected chi connectivity index (χ1v) is 10.1. The molecule has 0 radical (unpaired) electrons. The average molecular weight is 368 g/mol. The number of ether oxygens (including phenoxy) is 1. The van der Waals surface area contributed by atoms with E-state index < -0.39 is 0 Å². The smallest absolute Gasteiger partial charge is 0.224 e. The van der Waals surface area contributed by atoms with E-state index >= 15 is 0 Å². The zero-order valence-electron chi connectivity index (χ0n) is 17.3. The predicted octanol–water partition coefficient (Wildman–Crippen LogP) is 6.07. The Labute approximate surface area is 164 Å². The Bertz CT molecular complexity index is 722. The van der Waals surface area contributed by atoms with Gasteiger partial charge in [0.25, 0.3) is 0 Å². The largest absolute Gasteiger partial charge is 0.494 e. The minimum Gasteiger partial charge on any atom is -0.494 e. The summed E-state index contributed by atoms with van der Waals surface area (Å²) in [5.74, 6) is 0.935. The summed E-state index contributed by atoms with van der Waals surface area (Å²) in [4.78, 5) is 14.1. The van der Waals surface area contributed by atoms with Crippen molar-refractivity contribution in [1.29, 1.82) is 0 Å². The predicted molar refractivity (Wildman–Crippen MR) is 114 cm³/mol. The number of carbonyl (C=O) groups is 1. The van der Waals surface area contributed by atoms with Crippen LogP contribution in [0, 0.1) is 6.92 Å². The van der Waals surface area contributed by atoms with Crippen molar-refractivity contribution < 1.29 is 9.53 Å². The summed E-state index contributed by atoms with van der Waals surface area (Å²) in [6, 6.07) is 14.6. The van der Waals surface area contributed by atoms with Crippen LogP contribution in [0.5, 0.6) is 5.75 Å². The molecule has 2 rings (SSSR count). The fraction of sp³-hybridized carbons (Fsp3) is 0.458. The van der Waals surface area contributed by atoms with E-state index in [1.54, 1.807) is 6.92 Å². The van der Waals surface area contributed by atoms with E-state index in [1.165, 1.54) is 31.2 Å². The number of nitrogens with zero attached hydrogens (tertiary/aromatic N) is 1. The second-order valence-electron chi connectivity index (χ2n) is 7.12. The molecular weight excluding hydrogens is 334 g/mol. The Morgan fingerprint density at radius 1 is 0.963 bits per heavy atom. The molecule has 0 fully saturated rings. The summed E-state index contributed by atoms with van der Waals surface area (Å²) < 4.78 is 5.69. The minimum atomic E-state index is 0.0456. The number of amides is 1. The molecule has 0 unspecified atom stereocenters. The molecule has 0 spiro atoms. The van der Waals surface area contributed by atoms with Crippen LogP contribution in [-0.2, 0) is 17.8 Å². The number of benzene rings is 2. The molecule has 0 aliphatic carbocycles. The maximum Gasteiger partial charge on any atom is 0.224 e. The van der Waals surface area contributed by atoms with Crippen LogP contribution < -0.4 is 9.64 Å². The monoisotopic (exact) mass is 367 g/mol. The van der Waals surface area contributed by atoms with Gasteiger partial charge in [0.1, 0.15) is 5.75 Å². The van der Waals surface area contributed by atoms with E-state index in [0.717, 1.165) is 29.0 Å². The van der Waals surface area contributed by atoms with Gasteiger partial charge in [0.05, 0.1) is 13.2 Å². The molecule has 0 saturated carbocycles. The molecular formula is C24H33NO2. The molecule has 0 heterocycles. The third kappa shape index (κ3) is 6.42. The summed E-state index contributed by atoms with van der Waals surface area (Å²) in [5, 5.41) is 0. The number of anilines is 1. The lowest BCUT2D eigenvalue weighted by Gasteiger charge is -2.22. The SMILES string of the molecule is CCCCCCc1ccc(N(Cc2ccc(C)c(OCC)c2)C(C)=O)cc1. The lowest BCUT2D eigenvalue weighted by Crippen LogP contribution is -2.27. The van der Waals surface area contributed by atoms with E-state index in [1.807, 2.05) is 24.8 Å². The Kier molecular flexibility index (Phi) is 8.38. The number of unbranched alkanes of at least 4 members (excludes halogenated alkanes) is 3. The molecule has 1 amide bonds. The van der Waals surface area contributed by atoms with Gasteiger partial charge in [-0.3, -0.25) is 4.79 Å². The van der Waals surface area contributed by atoms with Crippen LogP contribution in [0.25, 0.3) is 0 Å². The van der Waals surface area contributed by atoms with Crippen molar-refractivity contribution in [2.24, 2.45) is 0 Å². The van der Waals surface area contributed by atoms with Crippen molar-refractivity contribution in [3.8, 4) is 5.75 Å². The quantitative estimate of drug-likeness (QED) is 0.477. The van der Waals surface area contributed by atoms with E-state index in [-0.39, 0.29) is 5.91 Å². The van der Waals surface area contributed by atoms with Crippen LogP contribution in [0.4, 0.5) is 5.69 Å². The van der Waals surface area contributed by atoms with Crippen LogP contribution in [0.1, 0.15) is 63.1 Å². The topological polar surface area (TPSA) is 29.5 Å². The zero-order chi connectivity index (χ0) is 19.6. The third-order valence-corrected chi connectivity index (χ3v) is 4.84. The van der Waals surface area contributed by atoms with Gasteiger partial charge in [0, 0.05) is 12.6 Å². The molecule has 0 N–H and O–H groups in total. The van der Waals surface area contributed by atoms with Gasteiger partial charge in [0.15, 0.2) is 0 Å². The van der Waals surface area contributed by atoms with Crippen molar-refractivity contribution >= 4 is 11.6 Å². The van der Waals surface area contributed by atoms with E-state index in [9.17, 15) is 4.79 Å². The van der Waals surface area contributed by atoms with Crippen LogP contribution in [0.15, 0.2) is 42.5 Å². The Morgan fingerprint density at radius 3 is 2.30 bits per heavy atom. The maximum atomic E-state index is 12.2. The molecule has 0 saturated heterocycles. The molecule has 3 heteroatoms. The third-order valence-electron chi connectivity index (χ3n) is 4.84. The fourth-order valence-corrected chi connectivity index (χ4v) is 3.22. The highest BCUT2D eigenvalue weighted by atomic mass is 16.5. The molecule has 0 atom stereocenters. The molecule has 2 aromatic rings. The van der Waals surface area contributed by atoms with Crippen molar-refractivity contribution in [2.75, 3.05) is 11.5 Å². The van der Waals surface area contributed by atoms with Gasteiger partial charge in [-0.2, -0.15) is 0 Å². The minimum absolute atomic E-state index is 0.0456. The van der Waals surface area contributed by atoms with Crippen molar-refractivity contribution in [3.05, 3.63) is 59.2 Å². The summed E-state index contributed by atoms with van der Waals surface area (Å²) in [6.45, 7) is 9.06. The van der Waals surface area contributed by atoms with Crippen LogP contribution in [0.2, 0.25) is 0 Å². The highest BCUT2D eigenvalue weighted by Crippen LogP contribution is 2.24. The van der Waals surface area contributed by atoms with Gasteiger partial charge in [-0.15, -0.1) is 0 Å². The number of rotatable bonds is 10. The summed E-state index contributed by atoms with van der Waals surface area (Å²) in [5.41, 5.74) is 4.47. The molecule has 0 aliphatic rings. The lowest BCUT2D eigenvalue weighted by molar-refractivity contribution is -0.116. The Morgan fingerprint density at radius 2 is 1.67 bits per heavy atom. The normalized spacial score (nSPS) is 10.7. The molecule has 0 bridgehead atoms. The number of hydrogen-bond donors (Lipinski definition) is 0. The Balaban J connectivity index is 2.09. The molecule has 27 heavy (non-hydrogen) atoms. The van der Waals surface area contributed by atoms with Crippen molar-refractivity contribution in [1.82, 2.24) is 0 Å². The van der Waals surface area contributed by atoms with Crippen LogP contribution in [0.3, 0.4) is 0 Å². The lowest BCUT2D eigenvalue weighted by atomic mass is 10.1. The fourth-order valence-electron chi connectivity index (χ4n) is 3.22. The maximum absolute atomic E-state index is 12.2.